The zero-order chi connectivity index (χ0) is 15.3. The lowest BCUT2D eigenvalue weighted by molar-refractivity contribution is 0.382. The number of ether oxygens (including phenoxy) is 1. The Bertz CT molecular complexity index is 772. The molecule has 0 amide bonds. The van der Waals surface area contributed by atoms with Gasteiger partial charge in [-0.25, -0.2) is 0 Å². The molecule has 2 aromatic carbocycles. The van der Waals surface area contributed by atoms with Gasteiger partial charge in [-0.1, -0.05) is 23.9 Å². The number of anilines is 1. The van der Waals surface area contributed by atoms with Crippen LogP contribution in [0.5, 0.6) is 11.5 Å². The van der Waals surface area contributed by atoms with Crippen LogP contribution in [-0.2, 0) is 0 Å². The van der Waals surface area contributed by atoms with E-state index in [1.165, 1.54) is 21.0 Å². The topological polar surface area (TPSA) is 15.7 Å². The molecule has 0 aliphatic carbocycles. The van der Waals surface area contributed by atoms with Crippen LogP contribution in [0.4, 0.5) is 5.69 Å². The maximum Gasteiger partial charge on any atom is 0.141 e. The first-order valence-corrected chi connectivity index (χ1v) is 8.23. The predicted octanol–water partition coefficient (Wildman–Crippen LogP) is 4.82. The zero-order valence-electron chi connectivity index (χ0n) is 12.9. The van der Waals surface area contributed by atoms with Gasteiger partial charge in [0, 0.05) is 25.1 Å². The molecule has 0 aromatic heterocycles. The van der Waals surface area contributed by atoms with Gasteiger partial charge in [-0.2, -0.15) is 0 Å². The third kappa shape index (κ3) is 2.06. The molecule has 0 N–H and O–H groups in total. The van der Waals surface area contributed by atoms with E-state index in [4.69, 9.17) is 4.74 Å². The molecule has 2 heterocycles. The Balaban J connectivity index is 1.75. The summed E-state index contributed by atoms with van der Waals surface area (Å²) < 4.78 is 6.06. The van der Waals surface area contributed by atoms with Crippen molar-refractivity contribution < 1.29 is 4.74 Å². The molecule has 0 saturated heterocycles. The van der Waals surface area contributed by atoms with Gasteiger partial charge in [-0.3, -0.25) is 0 Å². The first kappa shape index (κ1) is 13.6. The summed E-state index contributed by atoms with van der Waals surface area (Å²) in [6, 6.07) is 12.6. The third-order valence-corrected chi connectivity index (χ3v) is 5.38. The number of rotatable bonds is 1. The molecule has 1 atom stereocenters. The summed E-state index contributed by atoms with van der Waals surface area (Å²) in [6.07, 6.45) is 4.59. The van der Waals surface area contributed by atoms with Crippen LogP contribution in [0, 0.1) is 6.92 Å². The highest BCUT2D eigenvalue weighted by Crippen LogP contribution is 2.49. The highest BCUT2D eigenvalue weighted by Gasteiger charge is 2.25. The molecule has 0 saturated carbocycles. The van der Waals surface area contributed by atoms with Crippen LogP contribution in [0.3, 0.4) is 0 Å². The van der Waals surface area contributed by atoms with Crippen molar-refractivity contribution in [3.05, 3.63) is 54.4 Å². The minimum atomic E-state index is 0.332. The van der Waals surface area contributed by atoms with Crippen LogP contribution in [-0.4, -0.2) is 18.1 Å². The lowest BCUT2D eigenvalue weighted by Crippen LogP contribution is -2.33. The van der Waals surface area contributed by atoms with Crippen molar-refractivity contribution in [2.45, 2.75) is 29.8 Å². The van der Waals surface area contributed by atoms with Gasteiger partial charge in [0.2, 0.25) is 0 Å². The zero-order valence-corrected chi connectivity index (χ0v) is 13.7. The Labute approximate surface area is 135 Å². The summed E-state index contributed by atoms with van der Waals surface area (Å²) in [6.45, 7) is 4.35. The van der Waals surface area contributed by atoms with Crippen LogP contribution in [0.1, 0.15) is 12.5 Å². The smallest absolute Gasteiger partial charge is 0.141 e. The van der Waals surface area contributed by atoms with Gasteiger partial charge in [0.05, 0.1) is 9.79 Å². The van der Waals surface area contributed by atoms with Gasteiger partial charge in [-0.05, 0) is 43.7 Å². The van der Waals surface area contributed by atoms with Gasteiger partial charge in [0.1, 0.15) is 17.7 Å². The molecule has 2 aromatic rings. The van der Waals surface area contributed by atoms with Crippen LogP contribution in [0.2, 0.25) is 0 Å². The number of aryl methyl sites for hydroxylation is 1. The van der Waals surface area contributed by atoms with Crippen LogP contribution >= 0.6 is 11.8 Å². The molecule has 4 rings (SSSR count). The Morgan fingerprint density at radius 3 is 2.64 bits per heavy atom. The van der Waals surface area contributed by atoms with Crippen LogP contribution in [0.25, 0.3) is 0 Å². The van der Waals surface area contributed by atoms with E-state index in [0.717, 1.165) is 11.5 Å². The average Bonchev–Trinajstić information content (AvgIpc) is 2.84. The van der Waals surface area contributed by atoms with E-state index >= 15 is 0 Å². The Morgan fingerprint density at radius 2 is 1.86 bits per heavy atom. The van der Waals surface area contributed by atoms with Crippen molar-refractivity contribution in [3.63, 3.8) is 0 Å². The largest absolute Gasteiger partial charge is 0.455 e. The molecule has 2 aliphatic rings. The summed E-state index contributed by atoms with van der Waals surface area (Å²) in [5.74, 6) is 1.90. The lowest BCUT2D eigenvalue weighted by Gasteiger charge is -2.30. The molecular weight excluding hydrogens is 292 g/mol. The lowest BCUT2D eigenvalue weighted by atomic mass is 10.1. The SMILES string of the molecule is Cc1cc2c(cc1N1C=CN(C)[C@@H]1C)Sc1ccccc1O2. The quantitative estimate of drug-likeness (QED) is 0.640. The van der Waals surface area contributed by atoms with E-state index in [2.05, 4.69) is 67.4 Å². The fourth-order valence-corrected chi connectivity index (χ4v) is 3.81. The van der Waals surface area contributed by atoms with Crippen LogP contribution < -0.4 is 9.64 Å². The molecular formula is C18H18N2OS. The third-order valence-electron chi connectivity index (χ3n) is 4.28. The van der Waals surface area contributed by atoms with Gasteiger partial charge in [0.25, 0.3) is 0 Å². The average molecular weight is 310 g/mol. The second-order valence-electron chi connectivity index (χ2n) is 5.74. The van der Waals surface area contributed by atoms with Crippen molar-refractivity contribution in [2.24, 2.45) is 0 Å². The first-order valence-electron chi connectivity index (χ1n) is 7.41. The normalized spacial score (nSPS) is 19.0. The van der Waals surface area contributed by atoms with Gasteiger partial charge in [-0.15, -0.1) is 0 Å². The first-order chi connectivity index (χ1) is 10.6. The van der Waals surface area contributed by atoms with Crippen molar-refractivity contribution in [1.29, 1.82) is 0 Å². The summed E-state index contributed by atoms with van der Waals surface area (Å²) >= 11 is 1.78. The molecule has 112 valence electrons. The van der Waals surface area contributed by atoms with E-state index in [9.17, 15) is 0 Å². The maximum atomic E-state index is 6.06. The molecule has 0 radical (unpaired) electrons. The van der Waals surface area contributed by atoms with E-state index in [1.54, 1.807) is 11.8 Å². The minimum Gasteiger partial charge on any atom is -0.455 e. The number of benzene rings is 2. The highest BCUT2D eigenvalue weighted by atomic mass is 32.2. The second kappa shape index (κ2) is 4.99. The molecule has 0 spiro atoms. The Morgan fingerprint density at radius 1 is 1.05 bits per heavy atom. The number of fused-ring (bicyclic) bond motifs is 2. The monoisotopic (exact) mass is 310 g/mol. The predicted molar refractivity (Wildman–Crippen MR) is 90.7 cm³/mol. The maximum absolute atomic E-state index is 6.06. The number of nitrogens with zero attached hydrogens (tertiary/aromatic N) is 2. The van der Waals surface area contributed by atoms with E-state index in [-0.39, 0.29) is 0 Å². The van der Waals surface area contributed by atoms with Crippen molar-refractivity contribution >= 4 is 17.4 Å². The fourth-order valence-electron chi connectivity index (χ4n) is 2.85. The second-order valence-corrected chi connectivity index (χ2v) is 6.82. The van der Waals surface area contributed by atoms with Gasteiger partial charge in [0.15, 0.2) is 0 Å². The number of hydrogen-bond acceptors (Lipinski definition) is 4. The Hall–Kier alpha value is -2.07. The van der Waals surface area contributed by atoms with E-state index in [0.29, 0.717) is 6.17 Å². The molecule has 3 nitrogen and oxygen atoms in total. The fraction of sp³-hybridized carbons (Fsp3) is 0.222. The summed E-state index contributed by atoms with van der Waals surface area (Å²) in [5.41, 5.74) is 2.47. The summed E-state index contributed by atoms with van der Waals surface area (Å²) in [4.78, 5) is 6.86. The number of para-hydroxylation sites is 1. The molecule has 2 aliphatic heterocycles. The van der Waals surface area contributed by atoms with Crippen molar-refractivity contribution in [2.75, 3.05) is 11.9 Å². The summed E-state index contributed by atoms with van der Waals surface area (Å²) in [5, 5.41) is 0. The standard InChI is InChI=1S/C18H18N2OS/c1-12-10-16-18(22-17-7-5-4-6-15(17)21-16)11-14(12)20-9-8-19(3)13(20)2/h4-11,13H,1-3H3/t13-/m0/s1. The minimum absolute atomic E-state index is 0.332. The molecule has 22 heavy (non-hydrogen) atoms. The molecule has 0 unspecified atom stereocenters. The number of hydrogen-bond donors (Lipinski definition) is 0. The van der Waals surface area contributed by atoms with Crippen molar-refractivity contribution in [3.8, 4) is 11.5 Å². The Kier molecular flexibility index (Phi) is 3.08. The molecule has 0 fully saturated rings. The molecule has 0 bridgehead atoms. The van der Waals surface area contributed by atoms with Gasteiger partial charge < -0.3 is 14.5 Å². The van der Waals surface area contributed by atoms with Gasteiger partial charge >= 0.3 is 0 Å². The summed E-state index contributed by atoms with van der Waals surface area (Å²) in [7, 11) is 2.10. The van der Waals surface area contributed by atoms with Crippen molar-refractivity contribution in [1.82, 2.24) is 4.90 Å². The van der Waals surface area contributed by atoms with E-state index in [1.807, 2.05) is 12.1 Å². The molecule has 4 heteroatoms. The van der Waals surface area contributed by atoms with E-state index < -0.39 is 0 Å². The highest BCUT2D eigenvalue weighted by molar-refractivity contribution is 7.99. The van der Waals surface area contributed by atoms with Crippen LogP contribution in [0.15, 0.2) is 58.6 Å².